The predicted molar refractivity (Wildman–Crippen MR) is 117 cm³/mol. The average Bonchev–Trinajstić information content (AvgIpc) is 3.44. The second kappa shape index (κ2) is 9.33. The van der Waals surface area contributed by atoms with E-state index < -0.39 is 6.09 Å². The Bertz CT molecular complexity index is 794. The van der Waals surface area contributed by atoms with E-state index in [1.54, 1.807) is 6.07 Å². The normalized spacial score (nSPS) is 25.5. The van der Waals surface area contributed by atoms with Gasteiger partial charge in [-0.05, 0) is 62.4 Å². The van der Waals surface area contributed by atoms with Crippen molar-refractivity contribution in [3.63, 3.8) is 0 Å². The van der Waals surface area contributed by atoms with Crippen molar-refractivity contribution in [2.45, 2.75) is 31.6 Å². The summed E-state index contributed by atoms with van der Waals surface area (Å²) < 4.78 is 0. The van der Waals surface area contributed by atoms with Gasteiger partial charge in [0.2, 0.25) is 5.91 Å². The molecule has 4 rings (SSSR count). The van der Waals surface area contributed by atoms with E-state index in [1.807, 2.05) is 17.0 Å². The minimum atomic E-state index is -1.05. The lowest BCUT2D eigenvalue weighted by atomic mass is 9.89. The first-order chi connectivity index (χ1) is 14.4. The molecule has 1 aromatic rings. The SMILES string of the molecule is O=C(O)NC[C@@H]1CN(C(=O)C2CCN(CC3CC3)CC2)C[C@@H]1c1ccc(Cl)c(Cl)c1. The van der Waals surface area contributed by atoms with Gasteiger partial charge in [0.05, 0.1) is 10.0 Å². The first kappa shape index (κ1) is 21.7. The number of benzene rings is 1. The van der Waals surface area contributed by atoms with Gasteiger partial charge in [-0.2, -0.15) is 0 Å². The van der Waals surface area contributed by atoms with Gasteiger partial charge in [0.15, 0.2) is 0 Å². The summed E-state index contributed by atoms with van der Waals surface area (Å²) in [6, 6.07) is 5.53. The van der Waals surface area contributed by atoms with Crippen molar-refractivity contribution < 1.29 is 14.7 Å². The van der Waals surface area contributed by atoms with E-state index in [0.717, 1.165) is 37.4 Å². The van der Waals surface area contributed by atoms with E-state index in [4.69, 9.17) is 28.3 Å². The molecule has 6 nitrogen and oxygen atoms in total. The van der Waals surface area contributed by atoms with Crippen LogP contribution in [0.5, 0.6) is 0 Å². The fraction of sp³-hybridized carbons (Fsp3) is 0.636. The van der Waals surface area contributed by atoms with E-state index in [-0.39, 0.29) is 23.7 Å². The molecule has 0 aromatic heterocycles. The maximum Gasteiger partial charge on any atom is 0.404 e. The van der Waals surface area contributed by atoms with Gasteiger partial charge in [-0.1, -0.05) is 29.3 Å². The molecule has 8 heteroatoms. The summed E-state index contributed by atoms with van der Waals surface area (Å²) in [6.45, 7) is 4.65. The predicted octanol–water partition coefficient (Wildman–Crippen LogP) is 3.93. The van der Waals surface area contributed by atoms with Gasteiger partial charge in [0.25, 0.3) is 0 Å². The molecule has 2 aliphatic heterocycles. The number of piperidine rings is 1. The van der Waals surface area contributed by atoms with E-state index in [9.17, 15) is 9.59 Å². The lowest BCUT2D eigenvalue weighted by Gasteiger charge is -2.33. The van der Waals surface area contributed by atoms with Crippen LogP contribution in [0.25, 0.3) is 0 Å². The zero-order valence-corrected chi connectivity index (χ0v) is 18.5. The smallest absolute Gasteiger partial charge is 0.404 e. The maximum absolute atomic E-state index is 13.2. The third kappa shape index (κ3) is 5.21. The van der Waals surface area contributed by atoms with Crippen molar-refractivity contribution in [2.75, 3.05) is 39.3 Å². The highest BCUT2D eigenvalue weighted by Crippen LogP contribution is 2.37. The molecular formula is C22H29Cl2N3O3. The first-order valence-electron chi connectivity index (χ1n) is 10.8. The molecular weight excluding hydrogens is 425 g/mol. The monoisotopic (exact) mass is 453 g/mol. The zero-order chi connectivity index (χ0) is 21.3. The number of nitrogens with zero attached hydrogens (tertiary/aromatic N) is 2. The number of likely N-dealkylation sites (tertiary alicyclic amines) is 2. The van der Waals surface area contributed by atoms with Gasteiger partial charge >= 0.3 is 6.09 Å². The number of carbonyl (C=O) groups is 2. The van der Waals surface area contributed by atoms with Crippen molar-refractivity contribution in [1.29, 1.82) is 0 Å². The second-order valence-corrected chi connectivity index (χ2v) is 9.80. The summed E-state index contributed by atoms with van der Waals surface area (Å²) in [4.78, 5) is 28.7. The maximum atomic E-state index is 13.2. The number of halogens is 2. The Kier molecular flexibility index (Phi) is 6.75. The van der Waals surface area contributed by atoms with Gasteiger partial charge in [-0.25, -0.2) is 4.79 Å². The van der Waals surface area contributed by atoms with Crippen molar-refractivity contribution in [2.24, 2.45) is 17.8 Å². The number of hydrogen-bond donors (Lipinski definition) is 2. The van der Waals surface area contributed by atoms with Crippen molar-refractivity contribution >= 4 is 35.2 Å². The van der Waals surface area contributed by atoms with Gasteiger partial charge in [-0.15, -0.1) is 0 Å². The average molecular weight is 454 g/mol. The number of carboxylic acid groups (broad SMARTS) is 1. The molecule has 2 amide bonds. The van der Waals surface area contributed by atoms with Gasteiger partial charge in [0.1, 0.15) is 0 Å². The Morgan fingerprint density at radius 3 is 2.43 bits per heavy atom. The molecule has 3 aliphatic rings. The molecule has 0 bridgehead atoms. The van der Waals surface area contributed by atoms with Crippen LogP contribution in [0.15, 0.2) is 18.2 Å². The molecule has 0 unspecified atom stereocenters. The highest BCUT2D eigenvalue weighted by molar-refractivity contribution is 6.42. The quantitative estimate of drug-likeness (QED) is 0.684. The van der Waals surface area contributed by atoms with Crippen LogP contribution in [-0.4, -0.2) is 66.2 Å². The molecule has 30 heavy (non-hydrogen) atoms. The van der Waals surface area contributed by atoms with E-state index in [0.29, 0.717) is 29.7 Å². The Morgan fingerprint density at radius 1 is 1.07 bits per heavy atom. The van der Waals surface area contributed by atoms with Crippen LogP contribution in [0.4, 0.5) is 4.79 Å². The summed E-state index contributed by atoms with van der Waals surface area (Å²) in [5, 5.41) is 12.5. The van der Waals surface area contributed by atoms with Gasteiger partial charge in [-0.3, -0.25) is 4.79 Å². The number of carbonyl (C=O) groups excluding carboxylic acids is 1. The minimum Gasteiger partial charge on any atom is -0.465 e. The van der Waals surface area contributed by atoms with Crippen LogP contribution in [0.1, 0.15) is 37.2 Å². The topological polar surface area (TPSA) is 72.9 Å². The lowest BCUT2D eigenvalue weighted by molar-refractivity contribution is -0.136. The highest BCUT2D eigenvalue weighted by Gasteiger charge is 2.39. The number of amides is 2. The summed E-state index contributed by atoms with van der Waals surface area (Å²) in [5.74, 6) is 1.21. The second-order valence-electron chi connectivity index (χ2n) is 8.99. The van der Waals surface area contributed by atoms with Gasteiger partial charge in [0, 0.05) is 43.9 Å². The molecule has 0 spiro atoms. The number of hydrogen-bond acceptors (Lipinski definition) is 3. The molecule has 1 aliphatic carbocycles. The third-order valence-electron chi connectivity index (χ3n) is 6.79. The Balaban J connectivity index is 1.41. The third-order valence-corrected chi connectivity index (χ3v) is 7.53. The zero-order valence-electron chi connectivity index (χ0n) is 17.0. The summed E-state index contributed by atoms with van der Waals surface area (Å²) >= 11 is 12.3. The van der Waals surface area contributed by atoms with E-state index in [2.05, 4.69) is 10.2 Å². The van der Waals surface area contributed by atoms with Crippen LogP contribution in [0.3, 0.4) is 0 Å². The molecule has 2 heterocycles. The van der Waals surface area contributed by atoms with E-state index in [1.165, 1.54) is 19.4 Å². The molecule has 2 N–H and O–H groups in total. The molecule has 1 aromatic carbocycles. The molecule has 164 valence electrons. The fourth-order valence-electron chi connectivity index (χ4n) is 4.88. The molecule has 1 saturated carbocycles. The Labute approximate surface area is 187 Å². The summed E-state index contributed by atoms with van der Waals surface area (Å²) in [7, 11) is 0. The molecule has 3 fully saturated rings. The Morgan fingerprint density at radius 2 is 1.80 bits per heavy atom. The number of nitrogens with one attached hydrogen (secondary N) is 1. The van der Waals surface area contributed by atoms with Crippen molar-refractivity contribution in [1.82, 2.24) is 15.1 Å². The summed E-state index contributed by atoms with van der Waals surface area (Å²) in [6.07, 6.45) is 3.49. The molecule has 0 radical (unpaired) electrons. The fourth-order valence-corrected chi connectivity index (χ4v) is 5.19. The van der Waals surface area contributed by atoms with Crippen LogP contribution >= 0.6 is 23.2 Å². The van der Waals surface area contributed by atoms with Crippen molar-refractivity contribution in [3.8, 4) is 0 Å². The standard InChI is InChI=1S/C22H29Cl2N3O3/c23-19-4-3-16(9-20(19)24)18-13-27(12-17(18)10-25-22(29)30)21(28)15-5-7-26(8-6-15)11-14-1-2-14/h3-4,9,14-15,17-18,25H,1-2,5-8,10-13H2,(H,29,30)/t17-,18-/m1/s1. The largest absolute Gasteiger partial charge is 0.465 e. The van der Waals surface area contributed by atoms with Crippen LogP contribution < -0.4 is 5.32 Å². The Hall–Kier alpha value is -1.50. The highest BCUT2D eigenvalue weighted by atomic mass is 35.5. The minimum absolute atomic E-state index is 0.0113. The van der Waals surface area contributed by atoms with Gasteiger partial charge < -0.3 is 20.2 Å². The first-order valence-corrected chi connectivity index (χ1v) is 11.6. The van der Waals surface area contributed by atoms with Crippen molar-refractivity contribution in [3.05, 3.63) is 33.8 Å². The number of rotatable bonds is 6. The van der Waals surface area contributed by atoms with Crippen LogP contribution in [0, 0.1) is 17.8 Å². The molecule has 2 saturated heterocycles. The van der Waals surface area contributed by atoms with E-state index >= 15 is 0 Å². The molecule has 2 atom stereocenters. The van der Waals surface area contributed by atoms with Crippen LogP contribution in [0.2, 0.25) is 10.0 Å². The van der Waals surface area contributed by atoms with Crippen LogP contribution in [-0.2, 0) is 4.79 Å². The summed E-state index contributed by atoms with van der Waals surface area (Å²) in [5.41, 5.74) is 0.996. The lowest BCUT2D eigenvalue weighted by Crippen LogP contribution is -2.42.